The van der Waals surface area contributed by atoms with Gasteiger partial charge in [-0.25, -0.2) is 0 Å². The number of hydrogen-bond acceptors (Lipinski definition) is 5. The van der Waals surface area contributed by atoms with Crippen molar-refractivity contribution in [3.05, 3.63) is 36.5 Å². The monoisotopic (exact) mass is 997 g/mol. The second-order valence-electron chi connectivity index (χ2n) is 21.9. The molecular formula is C66H124O5. The standard InChI is InChI=1S/C66H124O5/c1-3-5-7-9-11-13-15-17-19-21-23-25-27-29-31-33-35-37-39-41-43-45-47-49-51-53-55-57-59-61-66(69)71-64(62-67)63-70-65(68)60-58-56-54-52-50-48-46-44-42-40-38-36-34-32-30-28-26-24-22-20-18-16-14-12-10-8-6-4-2/h15,17,21,23,27,29,64,67H,3-14,16,18-20,22,24-26,28,30-63H2,1-2H3/b17-15-,23-21-,29-27-. The van der Waals surface area contributed by atoms with E-state index in [4.69, 9.17) is 9.47 Å². The van der Waals surface area contributed by atoms with Gasteiger partial charge in [0.25, 0.3) is 0 Å². The first-order chi connectivity index (χ1) is 35.1. The predicted octanol–water partition coefficient (Wildman–Crippen LogP) is 21.8. The lowest BCUT2D eigenvalue weighted by Gasteiger charge is -2.15. The molecule has 0 heterocycles. The molecule has 0 aromatic carbocycles. The molecule has 0 amide bonds. The number of aliphatic hydroxyl groups excluding tert-OH is 1. The highest BCUT2D eigenvalue weighted by Gasteiger charge is 2.16. The summed E-state index contributed by atoms with van der Waals surface area (Å²) in [7, 11) is 0. The Labute approximate surface area is 444 Å². The maximum absolute atomic E-state index is 12.3. The molecule has 418 valence electrons. The first-order valence-electron chi connectivity index (χ1n) is 32.0. The van der Waals surface area contributed by atoms with Gasteiger partial charge in [-0.15, -0.1) is 0 Å². The molecule has 0 spiro atoms. The first-order valence-corrected chi connectivity index (χ1v) is 32.0. The normalized spacial score (nSPS) is 12.3. The number of hydrogen-bond donors (Lipinski definition) is 1. The van der Waals surface area contributed by atoms with E-state index in [1.54, 1.807) is 0 Å². The summed E-state index contributed by atoms with van der Waals surface area (Å²) in [6.07, 6.45) is 81.5. The van der Waals surface area contributed by atoms with Crippen molar-refractivity contribution in [3.8, 4) is 0 Å². The fraction of sp³-hybridized carbons (Fsp3) is 0.879. The maximum Gasteiger partial charge on any atom is 0.306 e. The lowest BCUT2D eigenvalue weighted by Crippen LogP contribution is -2.28. The summed E-state index contributed by atoms with van der Waals surface area (Å²) in [4.78, 5) is 24.6. The van der Waals surface area contributed by atoms with Crippen molar-refractivity contribution in [2.45, 2.75) is 360 Å². The van der Waals surface area contributed by atoms with Gasteiger partial charge in [-0.1, -0.05) is 326 Å². The highest BCUT2D eigenvalue weighted by Crippen LogP contribution is 2.18. The Kier molecular flexibility index (Phi) is 60.8. The van der Waals surface area contributed by atoms with Gasteiger partial charge in [0, 0.05) is 12.8 Å². The summed E-state index contributed by atoms with van der Waals surface area (Å²) >= 11 is 0. The van der Waals surface area contributed by atoms with Crippen molar-refractivity contribution in [1.29, 1.82) is 0 Å². The van der Waals surface area contributed by atoms with Gasteiger partial charge in [-0.05, 0) is 51.4 Å². The number of carbonyl (C=O) groups is 2. The van der Waals surface area contributed by atoms with E-state index in [-0.39, 0.29) is 25.2 Å². The van der Waals surface area contributed by atoms with Crippen LogP contribution in [-0.4, -0.2) is 36.4 Å². The molecule has 71 heavy (non-hydrogen) atoms. The molecule has 0 aliphatic rings. The Balaban J connectivity index is 3.42. The fourth-order valence-corrected chi connectivity index (χ4v) is 9.86. The van der Waals surface area contributed by atoms with Crippen LogP contribution in [0.15, 0.2) is 36.5 Å². The van der Waals surface area contributed by atoms with Crippen molar-refractivity contribution in [3.63, 3.8) is 0 Å². The summed E-state index contributed by atoms with van der Waals surface area (Å²) in [5.41, 5.74) is 0. The summed E-state index contributed by atoms with van der Waals surface area (Å²) in [5.74, 6) is -0.570. The number of esters is 2. The van der Waals surface area contributed by atoms with E-state index in [0.29, 0.717) is 12.8 Å². The van der Waals surface area contributed by atoms with Gasteiger partial charge in [0.2, 0.25) is 0 Å². The van der Waals surface area contributed by atoms with Crippen LogP contribution in [-0.2, 0) is 19.1 Å². The zero-order valence-corrected chi connectivity index (χ0v) is 48.0. The van der Waals surface area contributed by atoms with Gasteiger partial charge in [0.1, 0.15) is 6.61 Å². The topological polar surface area (TPSA) is 72.8 Å². The van der Waals surface area contributed by atoms with Crippen LogP contribution in [0.2, 0.25) is 0 Å². The van der Waals surface area contributed by atoms with Gasteiger partial charge < -0.3 is 14.6 Å². The largest absolute Gasteiger partial charge is 0.462 e. The predicted molar refractivity (Wildman–Crippen MR) is 311 cm³/mol. The van der Waals surface area contributed by atoms with Crippen LogP contribution in [0, 0.1) is 0 Å². The fourth-order valence-electron chi connectivity index (χ4n) is 9.86. The second-order valence-corrected chi connectivity index (χ2v) is 21.9. The van der Waals surface area contributed by atoms with Crippen LogP contribution in [0.1, 0.15) is 354 Å². The highest BCUT2D eigenvalue weighted by molar-refractivity contribution is 5.70. The van der Waals surface area contributed by atoms with Crippen molar-refractivity contribution in [2.75, 3.05) is 13.2 Å². The molecule has 0 aliphatic carbocycles. The van der Waals surface area contributed by atoms with E-state index in [9.17, 15) is 14.7 Å². The minimum absolute atomic E-state index is 0.0605. The first kappa shape index (κ1) is 69.1. The number of unbranched alkanes of at least 4 members (excludes halogenated alkanes) is 46. The van der Waals surface area contributed by atoms with Gasteiger partial charge in [0.15, 0.2) is 6.10 Å². The third-order valence-electron chi connectivity index (χ3n) is 14.7. The highest BCUT2D eigenvalue weighted by atomic mass is 16.6. The average Bonchev–Trinajstić information content (AvgIpc) is 3.37. The van der Waals surface area contributed by atoms with Gasteiger partial charge in [-0.2, -0.15) is 0 Å². The zero-order valence-electron chi connectivity index (χ0n) is 48.0. The summed E-state index contributed by atoms with van der Waals surface area (Å²) in [6.45, 7) is 4.19. The second kappa shape index (κ2) is 62.4. The number of rotatable bonds is 60. The lowest BCUT2D eigenvalue weighted by atomic mass is 10.0. The number of aliphatic hydroxyl groups is 1. The molecule has 1 N–H and O–H groups in total. The average molecular weight is 998 g/mol. The Morgan fingerprint density at radius 1 is 0.324 bits per heavy atom. The molecule has 0 rings (SSSR count). The van der Waals surface area contributed by atoms with Crippen molar-refractivity contribution in [2.24, 2.45) is 0 Å². The van der Waals surface area contributed by atoms with E-state index >= 15 is 0 Å². The van der Waals surface area contributed by atoms with Crippen molar-refractivity contribution < 1.29 is 24.2 Å². The SMILES string of the molecule is CCCCCCC/C=C\C/C=C\C/C=C\CCCCCCCCCCCCCCCCC(=O)OC(CO)COC(=O)CCCCCCCCCCCCCCCCCCCCCCCCCCCCCC. The maximum atomic E-state index is 12.3. The minimum Gasteiger partial charge on any atom is -0.462 e. The van der Waals surface area contributed by atoms with E-state index in [1.165, 1.54) is 283 Å². The molecule has 0 aromatic heterocycles. The van der Waals surface area contributed by atoms with E-state index in [0.717, 1.165) is 44.9 Å². The molecule has 0 bridgehead atoms. The number of carbonyl (C=O) groups excluding carboxylic acids is 2. The van der Waals surface area contributed by atoms with Crippen LogP contribution in [0.5, 0.6) is 0 Å². The van der Waals surface area contributed by atoms with Gasteiger partial charge >= 0.3 is 11.9 Å². The molecule has 5 nitrogen and oxygen atoms in total. The van der Waals surface area contributed by atoms with E-state index in [1.807, 2.05) is 0 Å². The molecule has 0 saturated carbocycles. The Morgan fingerprint density at radius 3 is 0.845 bits per heavy atom. The number of allylic oxidation sites excluding steroid dienone is 6. The quantitative estimate of drug-likeness (QED) is 0.0373. The molecule has 0 saturated heterocycles. The van der Waals surface area contributed by atoms with E-state index < -0.39 is 6.10 Å². The lowest BCUT2D eigenvalue weighted by molar-refractivity contribution is -0.161. The molecular weight excluding hydrogens is 873 g/mol. The number of ether oxygens (including phenoxy) is 2. The van der Waals surface area contributed by atoms with Gasteiger partial charge in [0.05, 0.1) is 6.61 Å². The Bertz CT molecular complexity index is 1130. The van der Waals surface area contributed by atoms with Crippen molar-refractivity contribution in [1.82, 2.24) is 0 Å². The Morgan fingerprint density at radius 2 is 0.563 bits per heavy atom. The van der Waals surface area contributed by atoms with Gasteiger partial charge in [-0.3, -0.25) is 9.59 Å². The summed E-state index contributed by atoms with van der Waals surface area (Å²) in [5, 5.41) is 9.68. The van der Waals surface area contributed by atoms with Crippen LogP contribution < -0.4 is 0 Å². The summed E-state index contributed by atoms with van der Waals surface area (Å²) in [6, 6.07) is 0. The summed E-state index contributed by atoms with van der Waals surface area (Å²) < 4.78 is 10.7. The molecule has 0 aliphatic heterocycles. The third-order valence-corrected chi connectivity index (χ3v) is 14.7. The van der Waals surface area contributed by atoms with E-state index in [2.05, 4.69) is 50.3 Å². The molecule has 1 unspecified atom stereocenters. The third kappa shape index (κ3) is 60.6. The van der Waals surface area contributed by atoms with Crippen molar-refractivity contribution >= 4 is 11.9 Å². The molecule has 1 atom stereocenters. The molecule has 0 fully saturated rings. The van der Waals surface area contributed by atoms with Crippen LogP contribution in [0.25, 0.3) is 0 Å². The van der Waals surface area contributed by atoms with Crippen LogP contribution in [0.4, 0.5) is 0 Å². The molecule has 0 aromatic rings. The van der Waals surface area contributed by atoms with Crippen LogP contribution >= 0.6 is 0 Å². The smallest absolute Gasteiger partial charge is 0.306 e. The zero-order chi connectivity index (χ0) is 51.3. The Hall–Kier alpha value is -1.88. The minimum atomic E-state index is -0.771. The molecule has 0 radical (unpaired) electrons. The molecule has 5 heteroatoms. The van der Waals surface area contributed by atoms with Crippen LogP contribution in [0.3, 0.4) is 0 Å².